The van der Waals surface area contributed by atoms with Crippen molar-refractivity contribution in [3.63, 3.8) is 0 Å². The van der Waals surface area contributed by atoms with Crippen LogP contribution in [0.1, 0.15) is 24.6 Å². The highest BCUT2D eigenvalue weighted by atomic mass is 79.9. The molecular formula is C7H9BrN2S. The molecule has 2 rings (SSSR count). The molecule has 1 aliphatic rings. The number of thiazole rings is 1. The molecule has 1 N–H and O–H groups in total. The van der Waals surface area contributed by atoms with E-state index in [1.165, 1.54) is 18.5 Å². The third-order valence-corrected chi connectivity index (χ3v) is 3.29. The zero-order chi connectivity index (χ0) is 7.68. The number of hydrogen-bond acceptors (Lipinski definition) is 3. The van der Waals surface area contributed by atoms with E-state index in [2.05, 4.69) is 31.6 Å². The predicted molar refractivity (Wildman–Crippen MR) is 49.8 cm³/mol. The van der Waals surface area contributed by atoms with Crippen molar-refractivity contribution in [2.45, 2.75) is 18.9 Å². The zero-order valence-electron chi connectivity index (χ0n) is 6.01. The van der Waals surface area contributed by atoms with Crippen molar-refractivity contribution in [1.29, 1.82) is 0 Å². The van der Waals surface area contributed by atoms with Gasteiger partial charge in [0.2, 0.25) is 0 Å². The molecule has 0 spiro atoms. The highest BCUT2D eigenvalue weighted by Crippen LogP contribution is 2.26. The van der Waals surface area contributed by atoms with E-state index in [0.717, 1.165) is 10.5 Å². The van der Waals surface area contributed by atoms with Gasteiger partial charge in [-0.15, -0.1) is 11.3 Å². The number of halogens is 1. The minimum atomic E-state index is 0.512. The standard InChI is InChI=1S/C7H9BrN2S/c8-7-10-6(4-11-7)5-2-1-3-9-5/h4-5,9H,1-3H2/t5-/m1/s1. The van der Waals surface area contributed by atoms with Crippen molar-refractivity contribution in [3.05, 3.63) is 15.0 Å². The van der Waals surface area contributed by atoms with Gasteiger partial charge in [0.15, 0.2) is 3.92 Å². The lowest BCUT2D eigenvalue weighted by Crippen LogP contribution is -2.12. The van der Waals surface area contributed by atoms with Gasteiger partial charge >= 0.3 is 0 Å². The molecule has 11 heavy (non-hydrogen) atoms. The van der Waals surface area contributed by atoms with E-state index in [4.69, 9.17) is 0 Å². The van der Waals surface area contributed by atoms with Crippen LogP contribution in [0.15, 0.2) is 9.30 Å². The fourth-order valence-electron chi connectivity index (χ4n) is 1.36. The summed E-state index contributed by atoms with van der Waals surface area (Å²) in [5.41, 5.74) is 1.19. The summed E-state index contributed by atoms with van der Waals surface area (Å²) >= 11 is 5.02. The SMILES string of the molecule is Brc1nc([C@H]2CCCN2)cs1. The Bertz CT molecular complexity index is 242. The Morgan fingerprint density at radius 2 is 2.64 bits per heavy atom. The Morgan fingerprint density at radius 1 is 1.73 bits per heavy atom. The number of nitrogens with one attached hydrogen (secondary N) is 1. The van der Waals surface area contributed by atoms with Crippen LogP contribution in [0.3, 0.4) is 0 Å². The van der Waals surface area contributed by atoms with Crippen molar-refractivity contribution in [1.82, 2.24) is 10.3 Å². The van der Waals surface area contributed by atoms with Crippen LogP contribution in [0.2, 0.25) is 0 Å². The maximum atomic E-state index is 4.37. The predicted octanol–water partition coefficient (Wildman–Crippen LogP) is 2.33. The van der Waals surface area contributed by atoms with Gasteiger partial charge in [-0.25, -0.2) is 4.98 Å². The van der Waals surface area contributed by atoms with Crippen LogP contribution in [0.4, 0.5) is 0 Å². The summed E-state index contributed by atoms with van der Waals surface area (Å²) in [4.78, 5) is 4.37. The van der Waals surface area contributed by atoms with Gasteiger partial charge in [0, 0.05) is 5.38 Å². The Labute approximate surface area is 78.2 Å². The first-order chi connectivity index (χ1) is 5.36. The van der Waals surface area contributed by atoms with Gasteiger partial charge in [-0.1, -0.05) is 0 Å². The highest BCUT2D eigenvalue weighted by molar-refractivity contribution is 9.11. The third kappa shape index (κ3) is 1.63. The Hall–Kier alpha value is 0.0700. The average Bonchev–Trinajstić information content (AvgIpc) is 2.55. The first-order valence-corrected chi connectivity index (χ1v) is 5.38. The quantitative estimate of drug-likeness (QED) is 0.805. The normalized spacial score (nSPS) is 24.3. The van der Waals surface area contributed by atoms with E-state index >= 15 is 0 Å². The summed E-state index contributed by atoms with van der Waals surface area (Å²) in [6.07, 6.45) is 2.51. The minimum Gasteiger partial charge on any atom is -0.309 e. The molecule has 0 aliphatic carbocycles. The Morgan fingerprint density at radius 3 is 3.18 bits per heavy atom. The van der Waals surface area contributed by atoms with E-state index < -0.39 is 0 Å². The van der Waals surface area contributed by atoms with Crippen LogP contribution in [-0.4, -0.2) is 11.5 Å². The van der Waals surface area contributed by atoms with Crippen molar-refractivity contribution in [2.24, 2.45) is 0 Å². The highest BCUT2D eigenvalue weighted by Gasteiger charge is 2.17. The minimum absolute atomic E-state index is 0.512. The molecule has 0 radical (unpaired) electrons. The van der Waals surface area contributed by atoms with Crippen molar-refractivity contribution < 1.29 is 0 Å². The fraction of sp³-hybridized carbons (Fsp3) is 0.571. The maximum absolute atomic E-state index is 4.37. The van der Waals surface area contributed by atoms with Gasteiger partial charge in [0.1, 0.15) is 0 Å². The molecule has 2 heterocycles. The third-order valence-electron chi connectivity index (χ3n) is 1.91. The van der Waals surface area contributed by atoms with E-state index in [9.17, 15) is 0 Å². The second kappa shape index (κ2) is 3.21. The van der Waals surface area contributed by atoms with Gasteiger partial charge in [0.05, 0.1) is 11.7 Å². The van der Waals surface area contributed by atoms with Crippen LogP contribution in [0.5, 0.6) is 0 Å². The van der Waals surface area contributed by atoms with Crippen LogP contribution in [-0.2, 0) is 0 Å². The molecular weight excluding hydrogens is 224 g/mol. The largest absolute Gasteiger partial charge is 0.309 e. The lowest BCUT2D eigenvalue weighted by atomic mass is 10.2. The van der Waals surface area contributed by atoms with Gasteiger partial charge in [-0.2, -0.15) is 0 Å². The van der Waals surface area contributed by atoms with Crippen LogP contribution in [0.25, 0.3) is 0 Å². The fourth-order valence-corrected chi connectivity index (χ4v) is 2.44. The number of nitrogens with zero attached hydrogens (tertiary/aromatic N) is 1. The van der Waals surface area contributed by atoms with Crippen molar-refractivity contribution in [2.75, 3.05) is 6.54 Å². The molecule has 1 aliphatic heterocycles. The summed E-state index contributed by atoms with van der Waals surface area (Å²) < 4.78 is 0.987. The molecule has 1 atom stereocenters. The topological polar surface area (TPSA) is 24.9 Å². The lowest BCUT2D eigenvalue weighted by Gasteiger charge is -2.04. The molecule has 4 heteroatoms. The summed E-state index contributed by atoms with van der Waals surface area (Å²) in [6, 6.07) is 0.512. The molecule has 0 amide bonds. The maximum Gasteiger partial charge on any atom is 0.159 e. The second-order valence-corrected chi connectivity index (χ2v) is 4.81. The van der Waals surface area contributed by atoms with E-state index in [0.29, 0.717) is 6.04 Å². The first kappa shape index (κ1) is 7.71. The van der Waals surface area contributed by atoms with E-state index in [1.807, 2.05) is 0 Å². The summed E-state index contributed by atoms with van der Waals surface area (Å²) in [6.45, 7) is 1.14. The summed E-state index contributed by atoms with van der Waals surface area (Å²) in [7, 11) is 0. The number of aromatic nitrogens is 1. The van der Waals surface area contributed by atoms with Gasteiger partial charge < -0.3 is 5.32 Å². The van der Waals surface area contributed by atoms with Gasteiger partial charge in [-0.3, -0.25) is 0 Å². The molecule has 1 aromatic rings. The summed E-state index contributed by atoms with van der Waals surface area (Å²) in [5, 5.41) is 5.53. The second-order valence-electron chi connectivity index (χ2n) is 2.67. The lowest BCUT2D eigenvalue weighted by molar-refractivity contribution is 0.631. The molecule has 1 fully saturated rings. The van der Waals surface area contributed by atoms with Crippen LogP contribution >= 0.6 is 27.3 Å². The Balaban J connectivity index is 2.15. The summed E-state index contributed by atoms with van der Waals surface area (Å²) in [5.74, 6) is 0. The molecule has 1 saturated heterocycles. The van der Waals surface area contributed by atoms with Gasteiger partial charge in [-0.05, 0) is 35.3 Å². The zero-order valence-corrected chi connectivity index (χ0v) is 8.41. The molecule has 0 aromatic carbocycles. The molecule has 0 saturated carbocycles. The first-order valence-electron chi connectivity index (χ1n) is 3.70. The monoisotopic (exact) mass is 232 g/mol. The molecule has 60 valence electrons. The van der Waals surface area contributed by atoms with Gasteiger partial charge in [0.25, 0.3) is 0 Å². The smallest absolute Gasteiger partial charge is 0.159 e. The molecule has 1 aromatic heterocycles. The van der Waals surface area contributed by atoms with E-state index in [1.54, 1.807) is 11.3 Å². The van der Waals surface area contributed by atoms with Crippen LogP contribution in [0, 0.1) is 0 Å². The molecule has 0 bridgehead atoms. The average molecular weight is 233 g/mol. The van der Waals surface area contributed by atoms with Crippen LogP contribution < -0.4 is 5.32 Å². The number of hydrogen-bond donors (Lipinski definition) is 1. The van der Waals surface area contributed by atoms with Crippen molar-refractivity contribution in [3.8, 4) is 0 Å². The Kier molecular flexibility index (Phi) is 2.25. The van der Waals surface area contributed by atoms with Crippen molar-refractivity contribution >= 4 is 27.3 Å². The number of rotatable bonds is 1. The molecule has 2 nitrogen and oxygen atoms in total. The molecule has 0 unspecified atom stereocenters. The van der Waals surface area contributed by atoms with E-state index in [-0.39, 0.29) is 0 Å².